The summed E-state index contributed by atoms with van der Waals surface area (Å²) >= 11 is 0. The van der Waals surface area contributed by atoms with Gasteiger partial charge in [0.2, 0.25) is 0 Å². The van der Waals surface area contributed by atoms with Crippen molar-refractivity contribution >= 4 is 0 Å². The fraction of sp³-hybridized carbons (Fsp3) is 0.250. The number of rotatable bonds is 8. The highest BCUT2D eigenvalue weighted by Crippen LogP contribution is 2.41. The molecule has 0 atom stereocenters. The third kappa shape index (κ3) is 5.19. The van der Waals surface area contributed by atoms with Crippen molar-refractivity contribution in [3.8, 4) is 0 Å². The van der Waals surface area contributed by atoms with Crippen LogP contribution in [0.2, 0.25) is 0 Å². The van der Waals surface area contributed by atoms with Crippen LogP contribution in [-0.2, 0) is 18.3 Å². The van der Waals surface area contributed by atoms with E-state index in [1.165, 1.54) is 38.9 Å². The predicted molar refractivity (Wildman–Crippen MR) is 137 cm³/mol. The molecule has 0 aliphatic heterocycles. The zero-order valence-electron chi connectivity index (χ0n) is 19.6. The maximum atomic E-state index is 2.35. The van der Waals surface area contributed by atoms with E-state index in [4.69, 9.17) is 0 Å². The lowest BCUT2D eigenvalue weighted by atomic mass is 9.67. The van der Waals surface area contributed by atoms with Crippen LogP contribution in [-0.4, -0.2) is 0 Å². The van der Waals surface area contributed by atoms with Crippen LogP contribution in [0.25, 0.3) is 0 Å². The van der Waals surface area contributed by atoms with Crippen molar-refractivity contribution in [3.05, 3.63) is 142 Å². The van der Waals surface area contributed by atoms with Crippen LogP contribution in [0.15, 0.2) is 103 Å². The van der Waals surface area contributed by atoms with Crippen molar-refractivity contribution in [1.29, 1.82) is 0 Å². The van der Waals surface area contributed by atoms with E-state index >= 15 is 0 Å². The van der Waals surface area contributed by atoms with Gasteiger partial charge in [0.1, 0.15) is 0 Å². The molecule has 4 rings (SSSR count). The Morgan fingerprint density at radius 1 is 0.438 bits per heavy atom. The molecular formula is C32H34. The van der Waals surface area contributed by atoms with Gasteiger partial charge in [0.25, 0.3) is 0 Å². The van der Waals surface area contributed by atoms with Crippen LogP contribution in [0, 0.1) is 20.8 Å². The molecule has 162 valence electrons. The third-order valence-electron chi connectivity index (χ3n) is 6.85. The highest BCUT2D eigenvalue weighted by Gasteiger charge is 2.33. The van der Waals surface area contributed by atoms with Crippen molar-refractivity contribution in [2.24, 2.45) is 0 Å². The zero-order chi connectivity index (χ0) is 22.4. The van der Waals surface area contributed by atoms with E-state index in [0.29, 0.717) is 0 Å². The van der Waals surface area contributed by atoms with Gasteiger partial charge in [0.05, 0.1) is 0 Å². The van der Waals surface area contributed by atoms with Gasteiger partial charge in [-0.1, -0.05) is 120 Å². The molecule has 0 saturated carbocycles. The van der Waals surface area contributed by atoms with E-state index in [9.17, 15) is 0 Å². The molecule has 0 spiro atoms. The standard InChI is InChI=1S/C32H34/c1-25-9-15-28(16-10-25)21-23-32(30-7-5-4-6-8-30,31-19-13-27(3)14-20-31)24-22-29-17-11-26(2)12-18-29/h4-20H,21-24H2,1-3H3. The van der Waals surface area contributed by atoms with E-state index in [-0.39, 0.29) is 5.41 Å². The average molecular weight is 419 g/mol. The summed E-state index contributed by atoms with van der Waals surface area (Å²) in [6.07, 6.45) is 4.32. The quantitative estimate of drug-likeness (QED) is 0.271. The summed E-state index contributed by atoms with van der Waals surface area (Å²) in [6.45, 7) is 6.49. The molecule has 0 saturated heterocycles. The molecule has 0 heterocycles. The predicted octanol–water partition coefficient (Wildman–Crippen LogP) is 8.16. The minimum absolute atomic E-state index is 0.0231. The van der Waals surface area contributed by atoms with Crippen LogP contribution in [0.3, 0.4) is 0 Å². The number of benzene rings is 4. The topological polar surface area (TPSA) is 0 Å². The first-order valence-corrected chi connectivity index (χ1v) is 11.8. The molecule has 0 N–H and O–H groups in total. The lowest BCUT2D eigenvalue weighted by molar-refractivity contribution is 0.436. The maximum Gasteiger partial charge on any atom is 0.0209 e. The average Bonchev–Trinajstić information content (AvgIpc) is 2.83. The summed E-state index contributed by atoms with van der Waals surface area (Å²) in [7, 11) is 0. The molecule has 0 amide bonds. The van der Waals surface area contributed by atoms with Crippen LogP contribution in [0.5, 0.6) is 0 Å². The Morgan fingerprint density at radius 3 is 1.25 bits per heavy atom. The van der Waals surface area contributed by atoms with Crippen molar-refractivity contribution in [2.75, 3.05) is 0 Å². The van der Waals surface area contributed by atoms with Gasteiger partial charge in [-0.05, 0) is 68.7 Å². The minimum atomic E-state index is -0.0231. The largest absolute Gasteiger partial charge is 0.0622 e. The van der Waals surface area contributed by atoms with Crippen molar-refractivity contribution in [1.82, 2.24) is 0 Å². The zero-order valence-corrected chi connectivity index (χ0v) is 19.6. The van der Waals surface area contributed by atoms with Gasteiger partial charge >= 0.3 is 0 Å². The summed E-state index contributed by atoms with van der Waals surface area (Å²) in [5.74, 6) is 0. The second-order valence-electron chi connectivity index (χ2n) is 9.29. The Morgan fingerprint density at radius 2 is 0.812 bits per heavy atom. The highest BCUT2D eigenvalue weighted by atomic mass is 14.4. The normalized spacial score (nSPS) is 11.5. The van der Waals surface area contributed by atoms with E-state index in [1.807, 2.05) is 0 Å². The number of hydrogen-bond donors (Lipinski definition) is 0. The Bertz CT molecular complexity index is 1050. The summed E-state index contributed by atoms with van der Waals surface area (Å²) < 4.78 is 0. The van der Waals surface area contributed by atoms with E-state index in [1.54, 1.807) is 0 Å². The molecule has 0 aliphatic rings. The van der Waals surface area contributed by atoms with E-state index < -0.39 is 0 Å². The molecular weight excluding hydrogens is 384 g/mol. The van der Waals surface area contributed by atoms with Crippen molar-refractivity contribution in [3.63, 3.8) is 0 Å². The van der Waals surface area contributed by atoms with Gasteiger partial charge in [-0.3, -0.25) is 0 Å². The Kier molecular flexibility index (Phi) is 6.90. The Hall–Kier alpha value is -3.12. The fourth-order valence-electron chi connectivity index (χ4n) is 4.72. The lowest BCUT2D eigenvalue weighted by Crippen LogP contribution is -2.29. The number of hydrogen-bond acceptors (Lipinski definition) is 0. The van der Waals surface area contributed by atoms with Gasteiger partial charge in [0.15, 0.2) is 0 Å². The maximum absolute atomic E-state index is 2.35. The molecule has 4 aromatic carbocycles. The van der Waals surface area contributed by atoms with Gasteiger partial charge < -0.3 is 0 Å². The van der Waals surface area contributed by atoms with E-state index in [0.717, 1.165) is 25.7 Å². The summed E-state index contributed by atoms with van der Waals surface area (Å²) in [6, 6.07) is 38.5. The molecule has 0 bridgehead atoms. The van der Waals surface area contributed by atoms with Crippen LogP contribution in [0.1, 0.15) is 51.8 Å². The molecule has 0 aromatic heterocycles. The first-order valence-electron chi connectivity index (χ1n) is 11.8. The first kappa shape index (κ1) is 22.1. The van der Waals surface area contributed by atoms with Gasteiger partial charge in [-0.2, -0.15) is 0 Å². The summed E-state index contributed by atoms with van der Waals surface area (Å²) in [5, 5.41) is 0. The molecule has 0 fully saturated rings. The fourth-order valence-corrected chi connectivity index (χ4v) is 4.72. The SMILES string of the molecule is Cc1ccc(CCC(CCc2ccc(C)cc2)(c2ccccc2)c2ccc(C)cc2)cc1. The smallest absolute Gasteiger partial charge is 0.0209 e. The van der Waals surface area contributed by atoms with Gasteiger partial charge in [-0.15, -0.1) is 0 Å². The Balaban J connectivity index is 1.74. The lowest BCUT2D eigenvalue weighted by Gasteiger charge is -2.36. The van der Waals surface area contributed by atoms with E-state index in [2.05, 4.69) is 124 Å². The minimum Gasteiger partial charge on any atom is -0.0622 e. The first-order chi connectivity index (χ1) is 15.5. The summed E-state index contributed by atoms with van der Waals surface area (Å²) in [5.41, 5.74) is 9.60. The molecule has 0 aliphatic carbocycles. The van der Waals surface area contributed by atoms with Crippen molar-refractivity contribution < 1.29 is 0 Å². The van der Waals surface area contributed by atoms with Crippen molar-refractivity contribution in [2.45, 2.75) is 51.9 Å². The van der Waals surface area contributed by atoms with Crippen LogP contribution in [0.4, 0.5) is 0 Å². The number of aryl methyl sites for hydroxylation is 5. The Labute approximate surface area is 194 Å². The molecule has 0 heteroatoms. The second-order valence-corrected chi connectivity index (χ2v) is 9.29. The monoisotopic (exact) mass is 418 g/mol. The summed E-state index contributed by atoms with van der Waals surface area (Å²) in [4.78, 5) is 0. The molecule has 4 aromatic rings. The molecule has 0 nitrogen and oxygen atoms in total. The molecule has 0 radical (unpaired) electrons. The van der Waals surface area contributed by atoms with Gasteiger partial charge in [-0.25, -0.2) is 0 Å². The molecule has 0 unspecified atom stereocenters. The van der Waals surface area contributed by atoms with Gasteiger partial charge in [0, 0.05) is 5.41 Å². The van der Waals surface area contributed by atoms with Crippen LogP contribution >= 0.6 is 0 Å². The highest BCUT2D eigenvalue weighted by molar-refractivity contribution is 5.41. The molecule has 32 heavy (non-hydrogen) atoms. The van der Waals surface area contributed by atoms with Crippen LogP contribution < -0.4 is 0 Å². The second kappa shape index (κ2) is 10.0. The third-order valence-corrected chi connectivity index (χ3v) is 6.85.